The van der Waals surface area contributed by atoms with Gasteiger partial charge in [0.15, 0.2) is 11.5 Å². The zero-order chi connectivity index (χ0) is 14.3. The molecule has 1 heterocycles. The van der Waals surface area contributed by atoms with Gasteiger partial charge in [0.25, 0.3) is 0 Å². The van der Waals surface area contributed by atoms with Crippen molar-refractivity contribution in [3.8, 4) is 11.5 Å². The molecule has 20 heavy (non-hydrogen) atoms. The lowest BCUT2D eigenvalue weighted by molar-refractivity contribution is 0.469. The van der Waals surface area contributed by atoms with E-state index in [9.17, 15) is 0 Å². The van der Waals surface area contributed by atoms with E-state index in [1.54, 1.807) is 0 Å². The summed E-state index contributed by atoms with van der Waals surface area (Å²) in [5, 5.41) is 0. The molecule has 0 spiro atoms. The number of anilines is 3. The van der Waals surface area contributed by atoms with Crippen molar-refractivity contribution in [3.63, 3.8) is 0 Å². The lowest BCUT2D eigenvalue weighted by Crippen LogP contribution is -2.29. The van der Waals surface area contributed by atoms with Gasteiger partial charge in [-0.15, -0.1) is 0 Å². The Bertz CT molecular complexity index is 649. The number of nitrogens with two attached hydrogens (primary N) is 1. The van der Waals surface area contributed by atoms with E-state index in [2.05, 4.69) is 37.8 Å². The van der Waals surface area contributed by atoms with Crippen LogP contribution in [-0.2, 0) is 6.42 Å². The molecule has 3 nitrogen and oxygen atoms in total. The van der Waals surface area contributed by atoms with E-state index in [0.29, 0.717) is 6.04 Å². The van der Waals surface area contributed by atoms with E-state index < -0.39 is 0 Å². The van der Waals surface area contributed by atoms with Gasteiger partial charge < -0.3 is 15.4 Å². The molecule has 0 aliphatic carbocycles. The molecular formula is C17H20N2O. The van der Waals surface area contributed by atoms with E-state index in [4.69, 9.17) is 10.5 Å². The van der Waals surface area contributed by atoms with Gasteiger partial charge in [0.2, 0.25) is 0 Å². The summed E-state index contributed by atoms with van der Waals surface area (Å²) in [6, 6.07) is 12.5. The number of ether oxygens (including phenoxy) is 1. The van der Waals surface area contributed by atoms with Crippen molar-refractivity contribution in [2.24, 2.45) is 0 Å². The van der Waals surface area contributed by atoms with Crippen LogP contribution in [0.25, 0.3) is 0 Å². The number of aryl methyl sites for hydroxylation is 1. The Morgan fingerprint density at radius 3 is 2.55 bits per heavy atom. The number of rotatable bonds is 2. The van der Waals surface area contributed by atoms with Crippen molar-refractivity contribution in [1.29, 1.82) is 0 Å². The molecule has 2 aromatic rings. The highest BCUT2D eigenvalue weighted by atomic mass is 16.5. The molecule has 0 unspecified atom stereocenters. The van der Waals surface area contributed by atoms with Gasteiger partial charge in [-0.1, -0.05) is 25.1 Å². The average molecular weight is 268 g/mol. The molecule has 3 rings (SSSR count). The largest absolute Gasteiger partial charge is 0.453 e. The highest BCUT2D eigenvalue weighted by Gasteiger charge is 2.28. The van der Waals surface area contributed by atoms with Crippen molar-refractivity contribution < 1.29 is 4.74 Å². The molecule has 0 bridgehead atoms. The number of nitrogens with zero attached hydrogens (tertiary/aromatic N) is 1. The minimum atomic E-state index is 0.313. The predicted octanol–water partition coefficient (Wildman–Crippen LogP) is 4.48. The first-order chi connectivity index (χ1) is 9.63. The molecule has 0 atom stereocenters. The third-order valence-electron chi connectivity index (χ3n) is 3.75. The Kier molecular flexibility index (Phi) is 3.05. The molecule has 0 amide bonds. The van der Waals surface area contributed by atoms with Crippen molar-refractivity contribution >= 4 is 17.1 Å². The molecule has 0 radical (unpaired) electrons. The first-order valence-corrected chi connectivity index (χ1v) is 7.11. The third kappa shape index (κ3) is 1.82. The highest BCUT2D eigenvalue weighted by molar-refractivity contribution is 5.87. The van der Waals surface area contributed by atoms with Gasteiger partial charge in [0.1, 0.15) is 5.69 Å². The predicted molar refractivity (Wildman–Crippen MR) is 84.0 cm³/mol. The smallest absolute Gasteiger partial charge is 0.153 e. The molecule has 1 aliphatic heterocycles. The lowest BCUT2D eigenvalue weighted by Gasteiger charge is -2.37. The Morgan fingerprint density at radius 1 is 1.10 bits per heavy atom. The minimum Gasteiger partial charge on any atom is -0.453 e. The SMILES string of the molecule is CCc1ccc2c(c1N)N(C(C)C)c1ccccc1O2. The Labute approximate surface area is 120 Å². The van der Waals surface area contributed by atoms with Crippen molar-refractivity contribution in [3.05, 3.63) is 42.0 Å². The van der Waals surface area contributed by atoms with Crippen LogP contribution >= 0.6 is 0 Å². The Hall–Kier alpha value is -2.16. The topological polar surface area (TPSA) is 38.5 Å². The number of nitrogen functional groups attached to an aromatic ring is 1. The molecule has 0 fully saturated rings. The maximum Gasteiger partial charge on any atom is 0.153 e. The lowest BCUT2D eigenvalue weighted by atomic mass is 10.0. The quantitative estimate of drug-likeness (QED) is 0.816. The van der Waals surface area contributed by atoms with E-state index in [0.717, 1.165) is 40.5 Å². The summed E-state index contributed by atoms with van der Waals surface area (Å²) in [6.45, 7) is 6.46. The fourth-order valence-electron chi connectivity index (χ4n) is 2.79. The standard InChI is InChI=1S/C17H20N2O/c1-4-12-9-10-15-17(16(12)18)19(11(2)3)13-7-5-6-8-14(13)20-15/h5-11H,4,18H2,1-3H3. The van der Waals surface area contributed by atoms with Crippen LogP contribution in [0.15, 0.2) is 36.4 Å². The number of fused-ring (bicyclic) bond motifs is 2. The number of hydrogen-bond donors (Lipinski definition) is 1. The number of para-hydroxylation sites is 2. The second-order valence-corrected chi connectivity index (χ2v) is 5.37. The van der Waals surface area contributed by atoms with Crippen LogP contribution in [0.1, 0.15) is 26.3 Å². The maximum absolute atomic E-state index is 6.38. The molecule has 0 saturated carbocycles. The summed E-state index contributed by atoms with van der Waals surface area (Å²) in [4.78, 5) is 2.27. The second kappa shape index (κ2) is 4.75. The summed E-state index contributed by atoms with van der Waals surface area (Å²) >= 11 is 0. The summed E-state index contributed by atoms with van der Waals surface area (Å²) in [6.07, 6.45) is 0.923. The van der Waals surface area contributed by atoms with Gasteiger partial charge >= 0.3 is 0 Å². The van der Waals surface area contributed by atoms with Crippen LogP contribution in [-0.4, -0.2) is 6.04 Å². The Morgan fingerprint density at radius 2 is 1.85 bits per heavy atom. The molecule has 0 aromatic heterocycles. The minimum absolute atomic E-state index is 0.313. The van der Waals surface area contributed by atoms with E-state index >= 15 is 0 Å². The van der Waals surface area contributed by atoms with E-state index in [1.807, 2.05) is 24.3 Å². The number of hydrogen-bond acceptors (Lipinski definition) is 3. The Balaban J connectivity index is 2.25. The summed E-state index contributed by atoms with van der Waals surface area (Å²) in [7, 11) is 0. The fraction of sp³-hybridized carbons (Fsp3) is 0.294. The molecule has 2 aromatic carbocycles. The van der Waals surface area contributed by atoms with E-state index in [1.165, 1.54) is 0 Å². The van der Waals surface area contributed by atoms with Crippen LogP contribution in [0.3, 0.4) is 0 Å². The van der Waals surface area contributed by atoms with Gasteiger partial charge in [-0.2, -0.15) is 0 Å². The maximum atomic E-state index is 6.38. The molecule has 104 valence electrons. The van der Waals surface area contributed by atoms with Crippen LogP contribution in [0.4, 0.5) is 17.1 Å². The first-order valence-electron chi connectivity index (χ1n) is 7.11. The van der Waals surface area contributed by atoms with E-state index in [-0.39, 0.29) is 0 Å². The van der Waals surface area contributed by atoms with Crippen molar-refractivity contribution in [2.75, 3.05) is 10.6 Å². The molecule has 1 aliphatic rings. The van der Waals surface area contributed by atoms with Crippen molar-refractivity contribution in [1.82, 2.24) is 0 Å². The third-order valence-corrected chi connectivity index (χ3v) is 3.75. The zero-order valence-electron chi connectivity index (χ0n) is 12.2. The van der Waals surface area contributed by atoms with Crippen LogP contribution < -0.4 is 15.4 Å². The second-order valence-electron chi connectivity index (χ2n) is 5.37. The summed E-state index contributed by atoms with van der Waals surface area (Å²) in [5.41, 5.74) is 10.4. The van der Waals surface area contributed by atoms with Gasteiger partial charge in [0.05, 0.1) is 11.4 Å². The summed E-state index contributed by atoms with van der Waals surface area (Å²) < 4.78 is 6.02. The van der Waals surface area contributed by atoms with Crippen LogP contribution in [0.5, 0.6) is 11.5 Å². The fourth-order valence-corrected chi connectivity index (χ4v) is 2.79. The monoisotopic (exact) mass is 268 g/mol. The average Bonchev–Trinajstić information content (AvgIpc) is 2.45. The highest BCUT2D eigenvalue weighted by Crippen LogP contribution is 2.50. The van der Waals surface area contributed by atoms with Gasteiger partial charge in [-0.3, -0.25) is 0 Å². The summed E-state index contributed by atoms with van der Waals surface area (Å²) in [5.74, 6) is 1.73. The molecular weight excluding hydrogens is 248 g/mol. The van der Waals surface area contributed by atoms with Gasteiger partial charge in [0, 0.05) is 6.04 Å². The normalized spacial score (nSPS) is 12.9. The molecule has 2 N–H and O–H groups in total. The molecule has 0 saturated heterocycles. The van der Waals surface area contributed by atoms with Crippen LogP contribution in [0, 0.1) is 0 Å². The zero-order valence-corrected chi connectivity index (χ0v) is 12.2. The van der Waals surface area contributed by atoms with Crippen molar-refractivity contribution in [2.45, 2.75) is 33.2 Å². The van der Waals surface area contributed by atoms with Gasteiger partial charge in [-0.05, 0) is 44.0 Å². The van der Waals surface area contributed by atoms with Crippen LogP contribution in [0.2, 0.25) is 0 Å². The first kappa shape index (κ1) is 12.9. The van der Waals surface area contributed by atoms with Gasteiger partial charge in [-0.25, -0.2) is 0 Å². The number of benzene rings is 2. The molecule has 3 heteroatoms.